The number of quaternary nitrogens is 1. The van der Waals surface area contributed by atoms with Crippen LogP contribution in [-0.4, -0.2) is 19.6 Å². The summed E-state index contributed by atoms with van der Waals surface area (Å²) in [6.07, 6.45) is 10.4. The Hall–Kier alpha value is -0.0400. The van der Waals surface area contributed by atoms with Crippen molar-refractivity contribution in [3.05, 3.63) is 0 Å². The molecule has 1 nitrogen and oxygen atoms in total. The molecule has 0 radical (unpaired) electrons. The summed E-state index contributed by atoms with van der Waals surface area (Å²) < 4.78 is 0. The van der Waals surface area contributed by atoms with Crippen LogP contribution >= 0.6 is 0 Å². The highest BCUT2D eigenvalue weighted by atomic mass is 15.1. The summed E-state index contributed by atoms with van der Waals surface area (Å²) in [6.45, 7) is 9.25. The van der Waals surface area contributed by atoms with Gasteiger partial charge in [-0.2, -0.15) is 0 Å². The van der Waals surface area contributed by atoms with Gasteiger partial charge in [-0.05, 0) is 31.1 Å². The van der Waals surface area contributed by atoms with Gasteiger partial charge in [0.15, 0.2) is 0 Å². The van der Waals surface area contributed by atoms with Crippen LogP contribution < -0.4 is 4.90 Å². The molecule has 94 valence electrons. The van der Waals surface area contributed by atoms with Gasteiger partial charge in [0.2, 0.25) is 0 Å². The molecule has 2 rings (SSSR count). The standard InChI is InChI=1S/C15H29N/c1-3-14-8-10-16(11-9-14)12-15-7-5-4-6-13(15)2/h13-15H,3-12H2,1-2H3/p+1. The van der Waals surface area contributed by atoms with E-state index >= 15 is 0 Å². The van der Waals surface area contributed by atoms with E-state index in [1.165, 1.54) is 64.6 Å². The van der Waals surface area contributed by atoms with Crippen molar-refractivity contribution in [3.8, 4) is 0 Å². The van der Waals surface area contributed by atoms with E-state index in [0.717, 1.165) is 17.8 Å². The Morgan fingerprint density at radius 2 is 1.69 bits per heavy atom. The van der Waals surface area contributed by atoms with Crippen LogP contribution in [-0.2, 0) is 0 Å². The topological polar surface area (TPSA) is 4.44 Å². The summed E-state index contributed by atoms with van der Waals surface area (Å²) in [5.41, 5.74) is 0. The van der Waals surface area contributed by atoms with Crippen LogP contribution in [0.25, 0.3) is 0 Å². The molecule has 2 aliphatic rings. The summed E-state index contributed by atoms with van der Waals surface area (Å²) in [7, 11) is 0. The lowest BCUT2D eigenvalue weighted by Crippen LogP contribution is -3.13. The zero-order chi connectivity index (χ0) is 11.4. The second-order valence-electron chi connectivity index (χ2n) is 6.33. The lowest BCUT2D eigenvalue weighted by Gasteiger charge is -2.35. The van der Waals surface area contributed by atoms with Crippen molar-refractivity contribution in [2.75, 3.05) is 19.6 Å². The van der Waals surface area contributed by atoms with Crippen molar-refractivity contribution in [1.82, 2.24) is 0 Å². The fourth-order valence-corrected chi connectivity index (χ4v) is 3.77. The van der Waals surface area contributed by atoms with Crippen molar-refractivity contribution in [2.45, 2.75) is 58.8 Å². The number of hydrogen-bond acceptors (Lipinski definition) is 0. The first-order chi connectivity index (χ1) is 7.79. The van der Waals surface area contributed by atoms with Crippen molar-refractivity contribution >= 4 is 0 Å². The molecule has 1 heteroatoms. The van der Waals surface area contributed by atoms with E-state index in [9.17, 15) is 0 Å². The Morgan fingerprint density at radius 1 is 1.00 bits per heavy atom. The average Bonchev–Trinajstić information content (AvgIpc) is 2.33. The molecular weight excluding hydrogens is 194 g/mol. The van der Waals surface area contributed by atoms with Gasteiger partial charge in [0.05, 0.1) is 19.6 Å². The average molecular weight is 224 g/mol. The highest BCUT2D eigenvalue weighted by molar-refractivity contribution is 4.72. The summed E-state index contributed by atoms with van der Waals surface area (Å²) in [5, 5.41) is 0. The first kappa shape index (κ1) is 12.4. The molecule has 2 atom stereocenters. The van der Waals surface area contributed by atoms with E-state index < -0.39 is 0 Å². The molecule has 0 spiro atoms. The van der Waals surface area contributed by atoms with Crippen LogP contribution in [0, 0.1) is 17.8 Å². The number of nitrogens with one attached hydrogen (secondary N) is 1. The highest BCUT2D eigenvalue weighted by Crippen LogP contribution is 2.28. The van der Waals surface area contributed by atoms with E-state index in [1.807, 2.05) is 4.90 Å². The van der Waals surface area contributed by atoms with Gasteiger partial charge in [-0.1, -0.05) is 39.5 Å². The molecule has 1 aliphatic heterocycles. The monoisotopic (exact) mass is 224 g/mol. The third-order valence-corrected chi connectivity index (χ3v) is 5.23. The third-order valence-electron chi connectivity index (χ3n) is 5.23. The third kappa shape index (κ3) is 3.23. The maximum atomic E-state index is 2.49. The molecule has 2 fully saturated rings. The van der Waals surface area contributed by atoms with Gasteiger partial charge >= 0.3 is 0 Å². The second-order valence-corrected chi connectivity index (χ2v) is 6.33. The first-order valence-electron chi connectivity index (χ1n) is 7.63. The molecule has 1 N–H and O–H groups in total. The van der Waals surface area contributed by atoms with Crippen LogP contribution in [0.3, 0.4) is 0 Å². The summed E-state index contributed by atoms with van der Waals surface area (Å²) >= 11 is 0. The van der Waals surface area contributed by atoms with Crippen LogP contribution in [0.2, 0.25) is 0 Å². The van der Waals surface area contributed by atoms with Gasteiger partial charge in [0.1, 0.15) is 0 Å². The highest BCUT2D eigenvalue weighted by Gasteiger charge is 2.28. The van der Waals surface area contributed by atoms with E-state index in [-0.39, 0.29) is 0 Å². The maximum absolute atomic E-state index is 2.49. The Labute approximate surface area is 102 Å². The molecule has 0 aromatic heterocycles. The van der Waals surface area contributed by atoms with Gasteiger partial charge < -0.3 is 4.90 Å². The maximum Gasteiger partial charge on any atom is 0.0802 e. The first-order valence-corrected chi connectivity index (χ1v) is 7.63. The SMILES string of the molecule is CCC1CC[NH+](CC2CCCCC2C)CC1. The summed E-state index contributed by atoms with van der Waals surface area (Å²) in [4.78, 5) is 1.92. The molecule has 0 aromatic carbocycles. The fraction of sp³-hybridized carbons (Fsp3) is 1.00. The minimum atomic E-state index is 1.00. The van der Waals surface area contributed by atoms with Gasteiger partial charge in [-0.25, -0.2) is 0 Å². The molecule has 0 amide bonds. The minimum absolute atomic E-state index is 1.00. The fourth-order valence-electron chi connectivity index (χ4n) is 3.77. The molecule has 16 heavy (non-hydrogen) atoms. The number of hydrogen-bond donors (Lipinski definition) is 1. The number of rotatable bonds is 3. The lowest BCUT2D eigenvalue weighted by molar-refractivity contribution is -0.910. The largest absolute Gasteiger partial charge is 0.335 e. The quantitative estimate of drug-likeness (QED) is 0.751. The molecule has 1 saturated heterocycles. The van der Waals surface area contributed by atoms with E-state index in [0.29, 0.717) is 0 Å². The lowest BCUT2D eigenvalue weighted by atomic mass is 9.80. The molecule has 0 bridgehead atoms. The predicted molar refractivity (Wildman–Crippen MR) is 69.7 cm³/mol. The number of likely N-dealkylation sites (tertiary alicyclic amines) is 1. The molecule has 1 heterocycles. The molecular formula is C15H30N+. The normalized spacial score (nSPS) is 40.9. The summed E-state index contributed by atoms with van der Waals surface area (Å²) in [6, 6.07) is 0. The van der Waals surface area contributed by atoms with E-state index in [1.54, 1.807) is 0 Å². The van der Waals surface area contributed by atoms with E-state index in [4.69, 9.17) is 0 Å². The van der Waals surface area contributed by atoms with Crippen molar-refractivity contribution in [3.63, 3.8) is 0 Å². The Morgan fingerprint density at radius 3 is 2.31 bits per heavy atom. The predicted octanol–water partition coefficient (Wildman–Crippen LogP) is 2.52. The van der Waals surface area contributed by atoms with Crippen LogP contribution in [0.5, 0.6) is 0 Å². The molecule has 2 unspecified atom stereocenters. The molecule has 1 aliphatic carbocycles. The second kappa shape index (κ2) is 6.05. The van der Waals surface area contributed by atoms with Crippen LogP contribution in [0.4, 0.5) is 0 Å². The van der Waals surface area contributed by atoms with Crippen molar-refractivity contribution < 1.29 is 4.90 Å². The van der Waals surface area contributed by atoms with Gasteiger partial charge in [0.25, 0.3) is 0 Å². The Kier molecular flexibility index (Phi) is 4.69. The zero-order valence-electron chi connectivity index (χ0n) is 11.3. The minimum Gasteiger partial charge on any atom is -0.335 e. The zero-order valence-corrected chi connectivity index (χ0v) is 11.3. The van der Waals surface area contributed by atoms with Crippen LogP contribution in [0.15, 0.2) is 0 Å². The van der Waals surface area contributed by atoms with Crippen LogP contribution in [0.1, 0.15) is 58.8 Å². The Bertz CT molecular complexity index is 194. The number of piperidine rings is 1. The van der Waals surface area contributed by atoms with Crippen molar-refractivity contribution in [1.29, 1.82) is 0 Å². The summed E-state index contributed by atoms with van der Waals surface area (Å²) in [5.74, 6) is 3.10. The smallest absolute Gasteiger partial charge is 0.0802 e. The van der Waals surface area contributed by atoms with Gasteiger partial charge in [-0.3, -0.25) is 0 Å². The van der Waals surface area contributed by atoms with Gasteiger partial charge in [0, 0.05) is 5.92 Å². The Balaban J connectivity index is 1.73. The molecule has 1 saturated carbocycles. The molecule has 0 aromatic rings. The van der Waals surface area contributed by atoms with Gasteiger partial charge in [-0.15, -0.1) is 0 Å². The van der Waals surface area contributed by atoms with E-state index in [2.05, 4.69) is 13.8 Å². The van der Waals surface area contributed by atoms with Crippen molar-refractivity contribution in [2.24, 2.45) is 17.8 Å².